The van der Waals surface area contributed by atoms with E-state index in [1.54, 1.807) is 37.3 Å². The first-order valence-electron chi connectivity index (χ1n) is 9.74. The van der Waals surface area contributed by atoms with E-state index in [1.807, 2.05) is 0 Å². The van der Waals surface area contributed by atoms with Gasteiger partial charge in [0.1, 0.15) is 11.3 Å². The zero-order valence-corrected chi connectivity index (χ0v) is 17.6. The second-order valence-corrected chi connectivity index (χ2v) is 7.76. The summed E-state index contributed by atoms with van der Waals surface area (Å²) in [5, 5.41) is 22.7. The maximum atomic E-state index is 12.4. The monoisotopic (exact) mass is 443 g/mol. The SMILES string of the molecule is Cc1c(CCC(=O)NC[C@H](CC(=O)O)c2ccc(Cl)cc2)c(=O)oc2cc(O)ccc12. The molecule has 162 valence electrons. The minimum Gasteiger partial charge on any atom is -0.508 e. The molecule has 1 amide bonds. The third kappa shape index (κ3) is 5.64. The lowest BCUT2D eigenvalue weighted by Crippen LogP contribution is -2.30. The average molecular weight is 444 g/mol. The number of hydrogen-bond acceptors (Lipinski definition) is 5. The molecule has 0 unspecified atom stereocenters. The van der Waals surface area contributed by atoms with Crippen LogP contribution in [0.2, 0.25) is 5.02 Å². The van der Waals surface area contributed by atoms with Gasteiger partial charge in [-0.2, -0.15) is 0 Å². The minimum absolute atomic E-state index is 0.00113. The van der Waals surface area contributed by atoms with Crippen LogP contribution in [0.4, 0.5) is 0 Å². The topological polar surface area (TPSA) is 117 Å². The molecule has 3 aromatic rings. The van der Waals surface area contributed by atoms with Crippen LogP contribution in [0.5, 0.6) is 5.75 Å². The molecule has 0 fully saturated rings. The summed E-state index contributed by atoms with van der Waals surface area (Å²) in [6.07, 6.45) is 0.0963. The summed E-state index contributed by atoms with van der Waals surface area (Å²) < 4.78 is 5.27. The number of carboxylic acids is 1. The highest BCUT2D eigenvalue weighted by Gasteiger charge is 2.18. The van der Waals surface area contributed by atoms with E-state index in [4.69, 9.17) is 16.0 Å². The molecular weight excluding hydrogens is 422 g/mol. The molecule has 0 spiro atoms. The molecule has 31 heavy (non-hydrogen) atoms. The fourth-order valence-corrected chi connectivity index (χ4v) is 3.62. The molecule has 1 aromatic heterocycles. The minimum atomic E-state index is -0.968. The van der Waals surface area contributed by atoms with Gasteiger partial charge in [-0.1, -0.05) is 23.7 Å². The molecule has 0 aliphatic carbocycles. The quantitative estimate of drug-likeness (QED) is 0.456. The van der Waals surface area contributed by atoms with Crippen molar-refractivity contribution in [1.82, 2.24) is 5.32 Å². The van der Waals surface area contributed by atoms with Crippen molar-refractivity contribution in [3.63, 3.8) is 0 Å². The number of aromatic hydroxyl groups is 1. The van der Waals surface area contributed by atoms with Crippen molar-refractivity contribution in [3.05, 3.63) is 74.6 Å². The number of carboxylic acid groups (broad SMARTS) is 1. The number of halogens is 1. The number of phenolic OH excluding ortho intramolecular Hbond substituents is 1. The third-order valence-corrected chi connectivity index (χ3v) is 5.43. The van der Waals surface area contributed by atoms with Gasteiger partial charge in [0.15, 0.2) is 0 Å². The standard InChI is InChI=1S/C23H22ClNO6/c1-13-18-7-6-17(26)11-20(18)31-23(30)19(13)8-9-21(27)25-12-15(10-22(28)29)14-2-4-16(24)5-3-14/h2-7,11,15,26H,8-10,12H2,1H3,(H,25,27)(H,28,29)/t15-/m0/s1. The number of aliphatic carboxylic acids is 1. The maximum absolute atomic E-state index is 12.4. The highest BCUT2D eigenvalue weighted by atomic mass is 35.5. The van der Waals surface area contributed by atoms with Gasteiger partial charge < -0.3 is 19.9 Å². The Morgan fingerprint density at radius 1 is 1.16 bits per heavy atom. The Kier molecular flexibility index (Phi) is 6.97. The molecule has 1 atom stereocenters. The van der Waals surface area contributed by atoms with E-state index >= 15 is 0 Å². The van der Waals surface area contributed by atoms with Crippen molar-refractivity contribution in [2.45, 2.75) is 32.1 Å². The number of carbonyl (C=O) groups is 2. The molecule has 0 aliphatic rings. The number of benzene rings is 2. The molecule has 7 nitrogen and oxygen atoms in total. The smallest absolute Gasteiger partial charge is 0.339 e. The summed E-state index contributed by atoms with van der Waals surface area (Å²) in [6, 6.07) is 11.4. The first-order chi connectivity index (χ1) is 14.7. The molecule has 0 saturated heterocycles. The first-order valence-corrected chi connectivity index (χ1v) is 10.1. The van der Waals surface area contributed by atoms with Crippen molar-refractivity contribution in [1.29, 1.82) is 0 Å². The van der Waals surface area contributed by atoms with Gasteiger partial charge in [-0.05, 0) is 48.7 Å². The summed E-state index contributed by atoms with van der Waals surface area (Å²) in [7, 11) is 0. The second-order valence-electron chi connectivity index (χ2n) is 7.32. The number of rotatable bonds is 8. The van der Waals surface area contributed by atoms with Crippen LogP contribution < -0.4 is 10.9 Å². The summed E-state index contributed by atoms with van der Waals surface area (Å²) in [5.41, 5.74) is 1.60. The molecule has 3 rings (SSSR count). The molecule has 0 aliphatic heterocycles. The van der Waals surface area contributed by atoms with Crippen LogP contribution in [0.15, 0.2) is 51.7 Å². The number of hydrogen-bond donors (Lipinski definition) is 3. The van der Waals surface area contributed by atoms with Gasteiger partial charge in [0.05, 0.1) is 6.42 Å². The lowest BCUT2D eigenvalue weighted by molar-refractivity contribution is -0.137. The first kappa shape index (κ1) is 22.4. The molecule has 8 heteroatoms. The second kappa shape index (κ2) is 9.66. The zero-order chi connectivity index (χ0) is 22.5. The largest absolute Gasteiger partial charge is 0.508 e. The van der Waals surface area contributed by atoms with Crippen LogP contribution in [0.3, 0.4) is 0 Å². The normalized spacial score (nSPS) is 11.9. The highest BCUT2D eigenvalue weighted by molar-refractivity contribution is 6.30. The van der Waals surface area contributed by atoms with Crippen LogP contribution in [0.25, 0.3) is 11.0 Å². The van der Waals surface area contributed by atoms with Gasteiger partial charge in [-0.3, -0.25) is 9.59 Å². The lowest BCUT2D eigenvalue weighted by Gasteiger charge is -2.16. The lowest BCUT2D eigenvalue weighted by atomic mass is 9.95. The molecule has 3 N–H and O–H groups in total. The maximum Gasteiger partial charge on any atom is 0.339 e. The van der Waals surface area contributed by atoms with E-state index in [0.29, 0.717) is 21.5 Å². The number of fused-ring (bicyclic) bond motifs is 1. The predicted octanol–water partition coefficient (Wildman–Crippen LogP) is 3.77. The van der Waals surface area contributed by atoms with Crippen molar-refractivity contribution in [2.75, 3.05) is 6.54 Å². The van der Waals surface area contributed by atoms with E-state index in [9.17, 15) is 24.6 Å². The number of phenols is 1. The van der Waals surface area contributed by atoms with Gasteiger partial charge in [0, 0.05) is 40.9 Å². The van der Waals surface area contributed by atoms with Gasteiger partial charge in [0.25, 0.3) is 0 Å². The Hall–Kier alpha value is -3.32. The average Bonchev–Trinajstić information content (AvgIpc) is 2.71. The molecule has 0 bridgehead atoms. The van der Waals surface area contributed by atoms with Crippen LogP contribution in [-0.2, 0) is 16.0 Å². The van der Waals surface area contributed by atoms with Crippen molar-refractivity contribution in [3.8, 4) is 5.75 Å². The molecule has 0 radical (unpaired) electrons. The fraction of sp³-hybridized carbons (Fsp3) is 0.261. The third-order valence-electron chi connectivity index (χ3n) is 5.18. The van der Waals surface area contributed by atoms with Gasteiger partial charge >= 0.3 is 11.6 Å². The molecule has 0 saturated carbocycles. The van der Waals surface area contributed by atoms with E-state index in [1.165, 1.54) is 12.1 Å². The number of carbonyl (C=O) groups excluding carboxylic acids is 1. The summed E-state index contributed by atoms with van der Waals surface area (Å²) in [5.74, 6) is -1.67. The van der Waals surface area contributed by atoms with Crippen LogP contribution in [0.1, 0.15) is 35.4 Å². The van der Waals surface area contributed by atoms with Crippen LogP contribution in [-0.4, -0.2) is 28.6 Å². The Balaban J connectivity index is 1.66. The Morgan fingerprint density at radius 3 is 2.55 bits per heavy atom. The van der Waals surface area contributed by atoms with Crippen LogP contribution in [0, 0.1) is 6.92 Å². The van der Waals surface area contributed by atoms with E-state index < -0.39 is 17.5 Å². The summed E-state index contributed by atoms with van der Waals surface area (Å²) in [4.78, 5) is 35.9. The number of nitrogens with one attached hydrogen (secondary N) is 1. The number of amides is 1. The Bertz CT molecular complexity index is 1170. The summed E-state index contributed by atoms with van der Waals surface area (Å²) >= 11 is 5.89. The van der Waals surface area contributed by atoms with Crippen molar-refractivity contribution >= 4 is 34.4 Å². The summed E-state index contributed by atoms with van der Waals surface area (Å²) in [6.45, 7) is 1.92. The molecule has 1 heterocycles. The Labute approximate surface area is 183 Å². The van der Waals surface area contributed by atoms with Gasteiger partial charge in [0.2, 0.25) is 5.91 Å². The Morgan fingerprint density at radius 2 is 1.87 bits per heavy atom. The van der Waals surface area contributed by atoms with Gasteiger partial charge in [-0.25, -0.2) is 4.79 Å². The molecular formula is C23H22ClNO6. The van der Waals surface area contributed by atoms with E-state index in [2.05, 4.69) is 5.32 Å². The van der Waals surface area contributed by atoms with Crippen molar-refractivity contribution < 1.29 is 24.2 Å². The molecule has 2 aromatic carbocycles. The van der Waals surface area contributed by atoms with Gasteiger partial charge in [-0.15, -0.1) is 0 Å². The van der Waals surface area contributed by atoms with Crippen molar-refractivity contribution in [2.24, 2.45) is 0 Å². The number of aryl methyl sites for hydroxylation is 1. The fourth-order valence-electron chi connectivity index (χ4n) is 3.49. The highest BCUT2D eigenvalue weighted by Crippen LogP contribution is 2.24. The zero-order valence-electron chi connectivity index (χ0n) is 16.9. The van der Waals surface area contributed by atoms with E-state index in [0.717, 1.165) is 5.56 Å². The predicted molar refractivity (Wildman–Crippen MR) is 117 cm³/mol. The van der Waals surface area contributed by atoms with Crippen LogP contribution >= 0.6 is 11.6 Å². The van der Waals surface area contributed by atoms with E-state index in [-0.39, 0.29) is 43.0 Å².